The summed E-state index contributed by atoms with van der Waals surface area (Å²) in [5.41, 5.74) is 2.15. The summed E-state index contributed by atoms with van der Waals surface area (Å²) in [5, 5.41) is 0. The molecule has 0 saturated heterocycles. The van der Waals surface area contributed by atoms with E-state index in [2.05, 4.69) is 4.98 Å². The van der Waals surface area contributed by atoms with Crippen LogP contribution >= 0.6 is 0 Å². The van der Waals surface area contributed by atoms with Crippen LogP contribution in [0.4, 0.5) is 0 Å². The Balaban J connectivity index is 1.60. The molecule has 0 N–H and O–H groups in total. The maximum atomic E-state index is 12.6. The van der Waals surface area contributed by atoms with Crippen molar-refractivity contribution >= 4 is 5.91 Å². The zero-order valence-electron chi connectivity index (χ0n) is 14.6. The van der Waals surface area contributed by atoms with Gasteiger partial charge in [0.1, 0.15) is 0 Å². The molecule has 0 radical (unpaired) electrons. The highest BCUT2D eigenvalue weighted by atomic mass is 16.5. The Morgan fingerprint density at radius 3 is 2.60 bits per heavy atom. The van der Waals surface area contributed by atoms with E-state index in [9.17, 15) is 4.79 Å². The lowest BCUT2D eigenvalue weighted by Gasteiger charge is -2.21. The second-order valence-corrected chi connectivity index (χ2v) is 6.09. The first-order valence-electron chi connectivity index (χ1n) is 8.81. The predicted octanol–water partition coefficient (Wildman–Crippen LogP) is 2.88. The molecule has 1 aromatic carbocycles. The maximum Gasteiger partial charge on any atom is 0.226 e. The molecule has 0 unspecified atom stereocenters. The predicted molar refractivity (Wildman–Crippen MR) is 95.9 cm³/mol. The molecule has 0 spiro atoms. The summed E-state index contributed by atoms with van der Waals surface area (Å²) in [6.45, 7) is 4.75. The number of ether oxygens (including phenoxy) is 2. The van der Waals surface area contributed by atoms with Gasteiger partial charge in [0.05, 0.1) is 19.6 Å². The van der Waals surface area contributed by atoms with E-state index in [1.165, 1.54) is 5.56 Å². The van der Waals surface area contributed by atoms with E-state index in [1.54, 1.807) is 12.4 Å². The van der Waals surface area contributed by atoms with Crippen LogP contribution < -0.4 is 9.47 Å². The van der Waals surface area contributed by atoms with Crippen LogP contribution in [0, 0.1) is 0 Å². The van der Waals surface area contributed by atoms with Crippen LogP contribution in [0.25, 0.3) is 0 Å². The highest BCUT2D eigenvalue weighted by Crippen LogP contribution is 2.30. The topological polar surface area (TPSA) is 51.7 Å². The first-order chi connectivity index (χ1) is 12.3. The number of hydrogen-bond donors (Lipinski definition) is 0. The Morgan fingerprint density at radius 1 is 1.08 bits per heavy atom. The Kier molecular flexibility index (Phi) is 5.88. The Hall–Kier alpha value is -2.56. The van der Waals surface area contributed by atoms with Crippen LogP contribution in [0.5, 0.6) is 11.5 Å². The summed E-state index contributed by atoms with van der Waals surface area (Å²) in [6, 6.07) is 9.75. The molecule has 25 heavy (non-hydrogen) atoms. The van der Waals surface area contributed by atoms with E-state index in [-0.39, 0.29) is 5.91 Å². The third-order valence-electron chi connectivity index (χ3n) is 4.32. The number of carbonyl (C=O) groups excluding carboxylic acids is 1. The maximum absolute atomic E-state index is 12.6. The lowest BCUT2D eigenvalue weighted by Crippen LogP contribution is -2.33. The number of benzene rings is 1. The van der Waals surface area contributed by atoms with E-state index in [4.69, 9.17) is 9.47 Å². The largest absolute Gasteiger partial charge is 0.490 e. The van der Waals surface area contributed by atoms with Gasteiger partial charge in [-0.05, 0) is 48.7 Å². The molecule has 5 nitrogen and oxygen atoms in total. The normalized spacial score (nSPS) is 13.2. The minimum absolute atomic E-state index is 0.131. The summed E-state index contributed by atoms with van der Waals surface area (Å²) >= 11 is 0. The fourth-order valence-electron chi connectivity index (χ4n) is 2.88. The van der Waals surface area contributed by atoms with Crippen molar-refractivity contribution in [2.24, 2.45) is 0 Å². The van der Waals surface area contributed by atoms with Crippen molar-refractivity contribution < 1.29 is 14.3 Å². The molecule has 2 heterocycles. The highest BCUT2D eigenvalue weighted by Gasteiger charge is 2.15. The number of nitrogens with zero attached hydrogens (tertiary/aromatic N) is 2. The van der Waals surface area contributed by atoms with Gasteiger partial charge >= 0.3 is 0 Å². The third-order valence-corrected chi connectivity index (χ3v) is 4.32. The van der Waals surface area contributed by atoms with Gasteiger partial charge in [0.25, 0.3) is 0 Å². The third kappa shape index (κ3) is 4.72. The van der Waals surface area contributed by atoms with Gasteiger partial charge < -0.3 is 14.4 Å². The van der Waals surface area contributed by atoms with E-state index >= 15 is 0 Å². The van der Waals surface area contributed by atoms with Gasteiger partial charge in [-0.2, -0.15) is 0 Å². The van der Waals surface area contributed by atoms with Gasteiger partial charge in [0, 0.05) is 31.9 Å². The molecule has 1 aliphatic rings. The highest BCUT2D eigenvalue weighted by molar-refractivity contribution is 5.79. The molecule has 0 saturated carbocycles. The molecule has 3 rings (SSSR count). The van der Waals surface area contributed by atoms with Crippen LogP contribution in [0.15, 0.2) is 42.7 Å². The molecule has 0 aliphatic carbocycles. The van der Waals surface area contributed by atoms with E-state index in [1.807, 2.05) is 42.2 Å². The lowest BCUT2D eigenvalue weighted by atomic mass is 10.1. The summed E-state index contributed by atoms with van der Waals surface area (Å²) in [5.74, 6) is 1.63. The number of hydrogen-bond acceptors (Lipinski definition) is 4. The smallest absolute Gasteiger partial charge is 0.226 e. The minimum atomic E-state index is 0.131. The molecule has 0 fully saturated rings. The molecule has 1 amide bonds. The van der Waals surface area contributed by atoms with Crippen LogP contribution in [-0.2, 0) is 17.6 Å². The molecule has 0 atom stereocenters. The van der Waals surface area contributed by atoms with Gasteiger partial charge in [-0.15, -0.1) is 0 Å². The van der Waals surface area contributed by atoms with Crippen molar-refractivity contribution in [1.29, 1.82) is 0 Å². The van der Waals surface area contributed by atoms with Gasteiger partial charge in [0.2, 0.25) is 5.91 Å². The SMILES string of the molecule is CCN(CCc1ccncc1)C(=O)Cc1ccc2c(c1)OCCCO2. The van der Waals surface area contributed by atoms with Crippen LogP contribution in [0.1, 0.15) is 24.5 Å². The number of fused-ring (bicyclic) bond motifs is 1. The van der Waals surface area contributed by atoms with Crippen LogP contribution in [0.3, 0.4) is 0 Å². The van der Waals surface area contributed by atoms with E-state index in [0.29, 0.717) is 32.7 Å². The first kappa shape index (κ1) is 17.3. The molecule has 2 aromatic rings. The van der Waals surface area contributed by atoms with E-state index < -0.39 is 0 Å². The minimum Gasteiger partial charge on any atom is -0.490 e. The number of aromatic nitrogens is 1. The summed E-state index contributed by atoms with van der Waals surface area (Å²) in [6.07, 6.45) is 5.65. The fourth-order valence-corrected chi connectivity index (χ4v) is 2.88. The second kappa shape index (κ2) is 8.51. The Morgan fingerprint density at radius 2 is 1.84 bits per heavy atom. The van der Waals surface area contributed by atoms with Crippen LogP contribution in [0.2, 0.25) is 0 Å². The molecule has 5 heteroatoms. The standard InChI is InChI=1S/C20H24N2O3/c1-2-22(11-8-16-6-9-21-10-7-16)20(23)15-17-4-5-18-19(14-17)25-13-3-12-24-18/h4-7,9-10,14H,2-3,8,11-13,15H2,1H3. The Labute approximate surface area is 148 Å². The monoisotopic (exact) mass is 340 g/mol. The molecule has 132 valence electrons. The molecular formula is C20H24N2O3. The van der Waals surface area contributed by atoms with Gasteiger partial charge in [-0.25, -0.2) is 0 Å². The van der Waals surface area contributed by atoms with Crippen molar-refractivity contribution in [3.63, 3.8) is 0 Å². The average molecular weight is 340 g/mol. The average Bonchev–Trinajstić information content (AvgIpc) is 2.88. The lowest BCUT2D eigenvalue weighted by molar-refractivity contribution is -0.130. The first-order valence-corrected chi connectivity index (χ1v) is 8.81. The van der Waals surface area contributed by atoms with Gasteiger partial charge in [0.15, 0.2) is 11.5 Å². The van der Waals surface area contributed by atoms with Crippen molar-refractivity contribution in [3.8, 4) is 11.5 Å². The number of likely N-dealkylation sites (N-methyl/N-ethyl adjacent to an activating group) is 1. The van der Waals surface area contributed by atoms with Crippen molar-refractivity contribution in [2.45, 2.75) is 26.2 Å². The quantitative estimate of drug-likeness (QED) is 0.811. The summed E-state index contributed by atoms with van der Waals surface area (Å²) in [4.78, 5) is 18.6. The van der Waals surface area contributed by atoms with Crippen molar-refractivity contribution in [3.05, 3.63) is 53.9 Å². The number of carbonyl (C=O) groups is 1. The number of rotatable bonds is 6. The molecule has 1 aromatic heterocycles. The fraction of sp³-hybridized carbons (Fsp3) is 0.400. The van der Waals surface area contributed by atoms with Gasteiger partial charge in [-0.3, -0.25) is 9.78 Å². The van der Waals surface area contributed by atoms with Crippen molar-refractivity contribution in [2.75, 3.05) is 26.3 Å². The number of pyridine rings is 1. The molecule has 0 bridgehead atoms. The molecular weight excluding hydrogens is 316 g/mol. The summed E-state index contributed by atoms with van der Waals surface area (Å²) in [7, 11) is 0. The zero-order chi connectivity index (χ0) is 17.5. The Bertz CT molecular complexity index is 703. The number of amides is 1. The molecule has 1 aliphatic heterocycles. The van der Waals surface area contributed by atoms with E-state index in [0.717, 1.165) is 29.9 Å². The summed E-state index contributed by atoms with van der Waals surface area (Å²) < 4.78 is 11.3. The zero-order valence-corrected chi connectivity index (χ0v) is 14.6. The second-order valence-electron chi connectivity index (χ2n) is 6.09. The van der Waals surface area contributed by atoms with Crippen LogP contribution in [-0.4, -0.2) is 42.1 Å². The van der Waals surface area contributed by atoms with Gasteiger partial charge in [-0.1, -0.05) is 6.07 Å². The van der Waals surface area contributed by atoms with Crippen molar-refractivity contribution in [1.82, 2.24) is 9.88 Å².